The molecule has 0 saturated carbocycles. The number of aromatic amines is 1. The van der Waals surface area contributed by atoms with E-state index in [1.54, 1.807) is 6.92 Å². The molecule has 3 atom stereocenters. The quantitative estimate of drug-likeness (QED) is 0.483. The summed E-state index contributed by atoms with van der Waals surface area (Å²) >= 11 is 0. The van der Waals surface area contributed by atoms with E-state index in [2.05, 4.69) is 4.98 Å². The highest BCUT2D eigenvalue weighted by atomic mass is 16.7. The van der Waals surface area contributed by atoms with Crippen LogP contribution in [-0.4, -0.2) is 51.4 Å². The summed E-state index contributed by atoms with van der Waals surface area (Å²) in [5.41, 5.74) is 4.52. The van der Waals surface area contributed by atoms with Gasteiger partial charge in [0.1, 0.15) is 12.3 Å². The maximum absolute atomic E-state index is 11.8. The van der Waals surface area contributed by atoms with Gasteiger partial charge in [-0.15, -0.1) is 0 Å². The van der Waals surface area contributed by atoms with Crippen molar-refractivity contribution in [2.24, 2.45) is 5.73 Å². The highest BCUT2D eigenvalue weighted by Gasteiger charge is 2.50. The van der Waals surface area contributed by atoms with Gasteiger partial charge in [-0.2, -0.15) is 0 Å². The first-order valence-electron chi connectivity index (χ1n) is 6.56. The van der Waals surface area contributed by atoms with Gasteiger partial charge in [-0.1, -0.05) is 0 Å². The van der Waals surface area contributed by atoms with E-state index in [1.807, 2.05) is 0 Å². The van der Waals surface area contributed by atoms with E-state index in [-0.39, 0.29) is 19.6 Å². The number of hydrogen-bond donors (Lipinski definition) is 4. The molecule has 0 aliphatic carbocycles. The SMILES string of the molecule is Cc1cn([C@H]2C[C@H](O)[C@](CO)(OCCN)O2)c(=O)[nH]c1=O. The van der Waals surface area contributed by atoms with Gasteiger partial charge in [0, 0.05) is 24.7 Å². The van der Waals surface area contributed by atoms with Crippen LogP contribution < -0.4 is 17.0 Å². The van der Waals surface area contributed by atoms with Crippen LogP contribution in [0.5, 0.6) is 0 Å². The molecule has 0 aromatic carbocycles. The summed E-state index contributed by atoms with van der Waals surface area (Å²) in [5.74, 6) is -1.62. The number of H-pyrrole nitrogens is 1. The van der Waals surface area contributed by atoms with Crippen LogP contribution in [0.4, 0.5) is 0 Å². The number of rotatable bonds is 5. The lowest BCUT2D eigenvalue weighted by Crippen LogP contribution is -2.47. The second-order valence-electron chi connectivity index (χ2n) is 4.91. The van der Waals surface area contributed by atoms with Crippen molar-refractivity contribution in [1.29, 1.82) is 0 Å². The van der Waals surface area contributed by atoms with Crippen LogP contribution in [0.2, 0.25) is 0 Å². The molecule has 118 valence electrons. The average molecular weight is 301 g/mol. The first-order valence-corrected chi connectivity index (χ1v) is 6.56. The molecule has 1 aliphatic heterocycles. The second kappa shape index (κ2) is 6.08. The van der Waals surface area contributed by atoms with Crippen LogP contribution in [0, 0.1) is 6.92 Å². The molecule has 0 unspecified atom stereocenters. The number of aromatic nitrogens is 2. The number of aryl methyl sites for hydroxylation is 1. The molecule has 1 saturated heterocycles. The van der Waals surface area contributed by atoms with Crippen molar-refractivity contribution in [3.63, 3.8) is 0 Å². The summed E-state index contributed by atoms with van der Waals surface area (Å²) in [6, 6.07) is 0. The fraction of sp³-hybridized carbons (Fsp3) is 0.667. The first-order chi connectivity index (χ1) is 9.93. The molecular formula is C12H19N3O6. The number of ether oxygens (including phenoxy) is 2. The van der Waals surface area contributed by atoms with E-state index < -0.39 is 36.0 Å². The van der Waals surface area contributed by atoms with Crippen LogP contribution in [0.15, 0.2) is 15.8 Å². The minimum Gasteiger partial charge on any atom is -0.391 e. The van der Waals surface area contributed by atoms with E-state index >= 15 is 0 Å². The minimum absolute atomic E-state index is 0.0382. The highest BCUT2D eigenvalue weighted by molar-refractivity contribution is 5.02. The third-order valence-corrected chi connectivity index (χ3v) is 3.41. The lowest BCUT2D eigenvalue weighted by molar-refractivity contribution is -0.280. The Morgan fingerprint density at radius 1 is 1.62 bits per heavy atom. The number of nitrogens with zero attached hydrogens (tertiary/aromatic N) is 1. The molecule has 0 bridgehead atoms. The molecule has 0 radical (unpaired) electrons. The Morgan fingerprint density at radius 2 is 2.33 bits per heavy atom. The molecule has 1 aromatic heterocycles. The Labute approximate surface area is 119 Å². The van der Waals surface area contributed by atoms with Crippen LogP contribution in [0.3, 0.4) is 0 Å². The summed E-state index contributed by atoms with van der Waals surface area (Å²) in [4.78, 5) is 25.3. The van der Waals surface area contributed by atoms with Crippen LogP contribution in [0.1, 0.15) is 18.2 Å². The number of nitrogens with two attached hydrogens (primary N) is 1. The average Bonchev–Trinajstić information content (AvgIpc) is 2.78. The maximum atomic E-state index is 11.8. The zero-order valence-electron chi connectivity index (χ0n) is 11.6. The molecular weight excluding hydrogens is 282 g/mol. The molecule has 0 spiro atoms. The number of nitrogens with one attached hydrogen (secondary N) is 1. The number of aliphatic hydroxyl groups excluding tert-OH is 2. The van der Waals surface area contributed by atoms with Gasteiger partial charge >= 0.3 is 5.69 Å². The largest absolute Gasteiger partial charge is 0.391 e. The van der Waals surface area contributed by atoms with Crippen molar-refractivity contribution in [2.75, 3.05) is 19.8 Å². The topological polar surface area (TPSA) is 140 Å². The second-order valence-corrected chi connectivity index (χ2v) is 4.91. The highest BCUT2D eigenvalue weighted by Crippen LogP contribution is 2.36. The number of hydrogen-bond acceptors (Lipinski definition) is 7. The lowest BCUT2D eigenvalue weighted by Gasteiger charge is -2.29. The zero-order chi connectivity index (χ0) is 15.6. The smallest absolute Gasteiger partial charge is 0.330 e. The van der Waals surface area contributed by atoms with Gasteiger partial charge in [0.15, 0.2) is 0 Å². The Hall–Kier alpha value is -1.52. The van der Waals surface area contributed by atoms with Gasteiger partial charge in [0.2, 0.25) is 5.79 Å². The Balaban J connectivity index is 2.30. The fourth-order valence-electron chi connectivity index (χ4n) is 2.25. The van der Waals surface area contributed by atoms with E-state index in [9.17, 15) is 19.8 Å². The summed E-state index contributed by atoms with van der Waals surface area (Å²) < 4.78 is 12.0. The van der Waals surface area contributed by atoms with E-state index in [0.29, 0.717) is 5.56 Å². The van der Waals surface area contributed by atoms with Gasteiger partial charge in [-0.25, -0.2) is 4.79 Å². The predicted octanol–water partition coefficient (Wildman–Crippen LogP) is -2.21. The molecule has 5 N–H and O–H groups in total. The van der Waals surface area contributed by atoms with Crippen LogP contribution >= 0.6 is 0 Å². The molecule has 9 nitrogen and oxygen atoms in total. The molecule has 1 fully saturated rings. The minimum atomic E-state index is -1.62. The third kappa shape index (κ3) is 2.92. The van der Waals surface area contributed by atoms with Gasteiger partial charge in [-0.3, -0.25) is 14.3 Å². The number of aliphatic hydroxyl groups is 2. The van der Waals surface area contributed by atoms with E-state index in [0.717, 1.165) is 4.57 Å². The van der Waals surface area contributed by atoms with Crippen LogP contribution in [0.25, 0.3) is 0 Å². The molecule has 9 heteroatoms. The normalized spacial score (nSPS) is 29.0. The third-order valence-electron chi connectivity index (χ3n) is 3.41. The zero-order valence-corrected chi connectivity index (χ0v) is 11.6. The lowest BCUT2D eigenvalue weighted by atomic mass is 10.1. The summed E-state index contributed by atoms with van der Waals surface area (Å²) in [7, 11) is 0. The Morgan fingerprint density at radius 3 is 2.95 bits per heavy atom. The maximum Gasteiger partial charge on any atom is 0.330 e. The Bertz CT molecular complexity index is 612. The summed E-state index contributed by atoms with van der Waals surface area (Å²) in [6.07, 6.45) is -0.600. The first kappa shape index (κ1) is 15.9. The van der Waals surface area contributed by atoms with Crippen molar-refractivity contribution < 1.29 is 19.7 Å². The standard InChI is InChI=1S/C12H19N3O6/c1-7-5-15(11(19)14-10(7)18)9-4-8(17)12(6-16,21-9)20-3-2-13/h5,8-9,16-17H,2-4,6,13H2,1H3,(H,14,18,19)/t8-,9+,12+/m0/s1. The van der Waals surface area contributed by atoms with Gasteiger partial charge < -0.3 is 25.4 Å². The summed E-state index contributed by atoms with van der Waals surface area (Å²) in [6.45, 7) is 1.25. The van der Waals surface area contributed by atoms with Crippen molar-refractivity contribution in [3.05, 3.63) is 32.6 Å². The van der Waals surface area contributed by atoms with Crippen LogP contribution in [-0.2, 0) is 9.47 Å². The monoisotopic (exact) mass is 301 g/mol. The fourth-order valence-corrected chi connectivity index (χ4v) is 2.25. The van der Waals surface area contributed by atoms with E-state index in [4.69, 9.17) is 15.2 Å². The predicted molar refractivity (Wildman–Crippen MR) is 71.6 cm³/mol. The molecule has 0 amide bonds. The molecule has 2 heterocycles. The van der Waals surface area contributed by atoms with Gasteiger partial charge in [-0.05, 0) is 6.92 Å². The molecule has 1 aliphatic rings. The Kier molecular flexibility index (Phi) is 4.59. The van der Waals surface area contributed by atoms with Crippen molar-refractivity contribution in [2.45, 2.75) is 31.5 Å². The molecule has 1 aromatic rings. The summed E-state index contributed by atoms with van der Waals surface area (Å²) in [5, 5.41) is 19.5. The molecule has 2 rings (SSSR count). The van der Waals surface area contributed by atoms with Crippen molar-refractivity contribution in [3.8, 4) is 0 Å². The van der Waals surface area contributed by atoms with Crippen molar-refractivity contribution >= 4 is 0 Å². The van der Waals surface area contributed by atoms with Crippen molar-refractivity contribution in [1.82, 2.24) is 9.55 Å². The van der Waals surface area contributed by atoms with Gasteiger partial charge in [0.05, 0.1) is 13.2 Å². The van der Waals surface area contributed by atoms with E-state index in [1.165, 1.54) is 6.20 Å². The molecule has 21 heavy (non-hydrogen) atoms. The van der Waals surface area contributed by atoms with Gasteiger partial charge in [0.25, 0.3) is 5.56 Å².